The number of carbonyl (C=O) groups excluding carboxylic acids is 2. The molecule has 32 heavy (non-hydrogen) atoms. The molecule has 0 aromatic heterocycles. The van der Waals surface area contributed by atoms with Crippen molar-refractivity contribution in [3.05, 3.63) is 69.8 Å². The Morgan fingerprint density at radius 2 is 2.06 bits per heavy atom. The second kappa shape index (κ2) is 10.9. The number of carbonyl (C=O) groups is 2. The van der Waals surface area contributed by atoms with Gasteiger partial charge in [0, 0.05) is 30.1 Å². The largest absolute Gasteiger partial charge is 0.342 e. The van der Waals surface area contributed by atoms with Gasteiger partial charge in [-0.1, -0.05) is 49.9 Å². The summed E-state index contributed by atoms with van der Waals surface area (Å²) in [6.45, 7) is 5.63. The molecule has 0 bridgehead atoms. The van der Waals surface area contributed by atoms with E-state index in [0.29, 0.717) is 42.4 Å². The van der Waals surface area contributed by atoms with Crippen LogP contribution < -0.4 is 10.6 Å². The number of benzene rings is 2. The number of hydrogen-bond acceptors (Lipinski definition) is 6. The predicted molar refractivity (Wildman–Crippen MR) is 124 cm³/mol. The van der Waals surface area contributed by atoms with Gasteiger partial charge in [0.1, 0.15) is 0 Å². The zero-order valence-electron chi connectivity index (χ0n) is 18.0. The lowest BCUT2D eigenvalue weighted by Gasteiger charge is -2.32. The Balaban J connectivity index is 1.77. The van der Waals surface area contributed by atoms with Crippen LogP contribution in [0.25, 0.3) is 6.08 Å². The van der Waals surface area contributed by atoms with Gasteiger partial charge in [-0.25, -0.2) is 0 Å². The van der Waals surface area contributed by atoms with Crippen molar-refractivity contribution in [1.29, 1.82) is 0 Å². The summed E-state index contributed by atoms with van der Waals surface area (Å²) in [5.74, 6) is 0.0912. The molecule has 1 fully saturated rings. The molecule has 168 valence electrons. The average Bonchev–Trinajstić information content (AvgIpc) is 2.78. The van der Waals surface area contributed by atoms with Crippen LogP contribution in [-0.2, 0) is 9.59 Å². The molecule has 2 aromatic rings. The molecule has 9 heteroatoms. The van der Waals surface area contributed by atoms with Crippen molar-refractivity contribution in [3.63, 3.8) is 0 Å². The maximum Gasteiger partial charge on any atom is 0.283 e. The van der Waals surface area contributed by atoms with Crippen LogP contribution in [0.2, 0.25) is 0 Å². The molecule has 1 unspecified atom stereocenters. The molecular formula is C23H26N4O4S. The molecule has 1 aliphatic rings. The molecule has 0 spiro atoms. The van der Waals surface area contributed by atoms with Crippen molar-refractivity contribution < 1.29 is 14.5 Å². The molecule has 0 saturated carbocycles. The molecule has 0 aliphatic carbocycles. The van der Waals surface area contributed by atoms with Gasteiger partial charge >= 0.3 is 0 Å². The fraction of sp³-hybridized carbons (Fsp3) is 0.304. The van der Waals surface area contributed by atoms with Crippen LogP contribution in [0.5, 0.6) is 0 Å². The fourth-order valence-electron chi connectivity index (χ4n) is 3.45. The Morgan fingerprint density at radius 1 is 1.28 bits per heavy atom. The van der Waals surface area contributed by atoms with E-state index in [9.17, 15) is 19.7 Å². The van der Waals surface area contributed by atoms with E-state index >= 15 is 0 Å². The Labute approximate surface area is 191 Å². The molecular weight excluding hydrogens is 428 g/mol. The Morgan fingerprint density at radius 3 is 2.78 bits per heavy atom. The van der Waals surface area contributed by atoms with Crippen molar-refractivity contribution in [2.75, 3.05) is 19.6 Å². The molecule has 1 aliphatic heterocycles. The van der Waals surface area contributed by atoms with Gasteiger partial charge in [-0.3, -0.25) is 25.0 Å². The minimum absolute atomic E-state index is 0.000535. The van der Waals surface area contributed by atoms with Gasteiger partial charge in [0.2, 0.25) is 12.3 Å². The Kier molecular flexibility index (Phi) is 8.02. The molecule has 1 saturated heterocycles. The van der Waals surface area contributed by atoms with Crippen LogP contribution in [0.3, 0.4) is 0 Å². The fourth-order valence-corrected chi connectivity index (χ4v) is 4.63. The minimum Gasteiger partial charge on any atom is -0.342 e. The summed E-state index contributed by atoms with van der Waals surface area (Å²) in [7, 11) is 0. The summed E-state index contributed by atoms with van der Waals surface area (Å²) in [5.41, 5.74) is 1.71. The van der Waals surface area contributed by atoms with E-state index in [2.05, 4.69) is 24.5 Å². The second-order valence-electron chi connectivity index (χ2n) is 7.69. The van der Waals surface area contributed by atoms with E-state index in [0.717, 1.165) is 10.5 Å². The summed E-state index contributed by atoms with van der Waals surface area (Å²) < 4.78 is 0. The monoisotopic (exact) mass is 454 g/mol. The highest BCUT2D eigenvalue weighted by Gasteiger charge is 2.21. The first-order valence-corrected chi connectivity index (χ1v) is 11.2. The summed E-state index contributed by atoms with van der Waals surface area (Å²) in [5, 5.41) is 17.4. The van der Waals surface area contributed by atoms with Crippen LogP contribution in [-0.4, -0.2) is 47.9 Å². The third-order valence-electron chi connectivity index (χ3n) is 5.12. The number of rotatable bonds is 8. The van der Waals surface area contributed by atoms with E-state index in [4.69, 9.17) is 0 Å². The molecule has 2 N–H and O–H groups in total. The number of nitrogens with one attached hydrogen (secondary N) is 2. The third-order valence-corrected chi connectivity index (χ3v) is 6.27. The topological polar surface area (TPSA) is 105 Å². The predicted octanol–water partition coefficient (Wildman–Crippen LogP) is 3.39. The van der Waals surface area contributed by atoms with Gasteiger partial charge in [-0.05, 0) is 35.3 Å². The van der Waals surface area contributed by atoms with Gasteiger partial charge in [0.15, 0.2) is 0 Å². The number of nitro benzene ring substituents is 1. The molecule has 1 heterocycles. The van der Waals surface area contributed by atoms with Crippen LogP contribution in [0, 0.1) is 10.1 Å². The van der Waals surface area contributed by atoms with E-state index in [1.165, 1.54) is 23.9 Å². The molecule has 3 rings (SSSR count). The van der Waals surface area contributed by atoms with E-state index < -0.39 is 4.92 Å². The van der Waals surface area contributed by atoms with Gasteiger partial charge in [0.05, 0.1) is 22.5 Å². The lowest BCUT2D eigenvalue weighted by Crippen LogP contribution is -2.57. The van der Waals surface area contributed by atoms with Crippen molar-refractivity contribution in [3.8, 4) is 0 Å². The Hall–Kier alpha value is -3.17. The molecule has 0 radical (unpaired) electrons. The maximum atomic E-state index is 12.5. The lowest BCUT2D eigenvalue weighted by molar-refractivity contribution is -0.387. The molecule has 1 atom stereocenters. The van der Waals surface area contributed by atoms with E-state index in [-0.39, 0.29) is 17.8 Å². The zero-order valence-corrected chi connectivity index (χ0v) is 18.8. The highest BCUT2D eigenvalue weighted by Crippen LogP contribution is 2.39. The summed E-state index contributed by atoms with van der Waals surface area (Å²) in [4.78, 5) is 37.6. The van der Waals surface area contributed by atoms with Crippen LogP contribution in [0.1, 0.15) is 30.9 Å². The second-order valence-corrected chi connectivity index (χ2v) is 8.77. The van der Waals surface area contributed by atoms with Crippen molar-refractivity contribution in [2.45, 2.75) is 35.7 Å². The number of nitrogens with zero attached hydrogens (tertiary/aromatic N) is 2. The standard InChI is InChI=1S/C23H26N4O4S/c1-16(2)18-5-3-4-6-20(18)32-21-9-7-17(13-19(21)27(30)31)8-10-23(29)26-12-11-24-22(14-26)25-15-28/h3-10,13,15-16,22,24H,11-12,14H2,1-2H3,(H,25,28). The highest BCUT2D eigenvalue weighted by atomic mass is 32.2. The number of amides is 2. The Bertz CT molecular complexity index is 1020. The SMILES string of the molecule is CC(C)c1ccccc1Sc1ccc(C=CC(=O)N2CCNC(NC=O)C2)cc1[N+](=O)[O-]. The van der Waals surface area contributed by atoms with E-state index in [1.807, 2.05) is 24.3 Å². The van der Waals surface area contributed by atoms with Crippen LogP contribution in [0.4, 0.5) is 5.69 Å². The van der Waals surface area contributed by atoms with Crippen molar-refractivity contribution >= 4 is 35.8 Å². The van der Waals surface area contributed by atoms with Gasteiger partial charge in [-0.15, -0.1) is 0 Å². The number of piperazine rings is 1. The van der Waals surface area contributed by atoms with Crippen molar-refractivity contribution in [2.24, 2.45) is 0 Å². The average molecular weight is 455 g/mol. The first-order valence-electron chi connectivity index (χ1n) is 10.3. The first kappa shape index (κ1) is 23.5. The number of nitro groups is 1. The smallest absolute Gasteiger partial charge is 0.283 e. The zero-order chi connectivity index (χ0) is 23.1. The normalized spacial score (nSPS) is 16.3. The van der Waals surface area contributed by atoms with Gasteiger partial charge in [0.25, 0.3) is 5.69 Å². The number of hydrogen-bond donors (Lipinski definition) is 2. The van der Waals surface area contributed by atoms with Crippen LogP contribution >= 0.6 is 11.8 Å². The summed E-state index contributed by atoms with van der Waals surface area (Å²) in [6.07, 6.45) is 3.30. The summed E-state index contributed by atoms with van der Waals surface area (Å²) in [6, 6.07) is 12.9. The molecule has 8 nitrogen and oxygen atoms in total. The minimum atomic E-state index is -0.397. The third kappa shape index (κ3) is 5.95. The van der Waals surface area contributed by atoms with Crippen molar-refractivity contribution in [1.82, 2.24) is 15.5 Å². The van der Waals surface area contributed by atoms with Crippen LogP contribution in [0.15, 0.2) is 58.3 Å². The molecule has 2 amide bonds. The van der Waals surface area contributed by atoms with Gasteiger partial charge < -0.3 is 10.2 Å². The summed E-state index contributed by atoms with van der Waals surface area (Å²) >= 11 is 1.37. The van der Waals surface area contributed by atoms with E-state index in [1.54, 1.807) is 23.1 Å². The van der Waals surface area contributed by atoms with Gasteiger partial charge in [-0.2, -0.15) is 0 Å². The maximum absolute atomic E-state index is 12.5. The molecule has 2 aromatic carbocycles. The lowest BCUT2D eigenvalue weighted by atomic mass is 10.0. The highest BCUT2D eigenvalue weighted by molar-refractivity contribution is 7.99. The first-order chi connectivity index (χ1) is 15.4. The quantitative estimate of drug-likeness (QED) is 0.274.